The molecule has 38 heavy (non-hydrogen) atoms. The number of esters is 2. The number of furan rings is 1. The van der Waals surface area contributed by atoms with Crippen LogP contribution in [-0.2, 0) is 4.74 Å². The van der Waals surface area contributed by atoms with Crippen LogP contribution in [0.15, 0.2) is 94.0 Å². The number of carbonyl (C=O) groups is 5. The van der Waals surface area contributed by atoms with Gasteiger partial charge < -0.3 is 13.9 Å². The molecule has 2 amide bonds. The fourth-order valence-corrected chi connectivity index (χ4v) is 4.19. The van der Waals surface area contributed by atoms with E-state index in [1.54, 1.807) is 30.3 Å². The summed E-state index contributed by atoms with van der Waals surface area (Å²) < 4.78 is 16.0. The zero-order valence-electron chi connectivity index (χ0n) is 19.4. The number of nitrogens with zero attached hydrogens (tertiary/aromatic N) is 1. The Kier molecular flexibility index (Phi) is 6.71. The largest absolute Gasteiger partial charge is 0.457 e. The Morgan fingerprint density at radius 3 is 2.29 bits per heavy atom. The first-order valence-electron chi connectivity index (χ1n) is 11.2. The molecule has 0 saturated carbocycles. The highest BCUT2D eigenvalue weighted by Gasteiger charge is 2.38. The van der Waals surface area contributed by atoms with Crippen LogP contribution >= 0.6 is 15.9 Å². The third-order valence-electron chi connectivity index (χ3n) is 5.66. The van der Waals surface area contributed by atoms with Gasteiger partial charge >= 0.3 is 11.9 Å². The molecule has 188 valence electrons. The lowest BCUT2D eigenvalue weighted by Crippen LogP contribution is -2.31. The molecule has 0 fully saturated rings. The molecule has 0 radical (unpaired) electrons. The molecule has 0 unspecified atom stereocenters. The Hall–Kier alpha value is -4.83. The standard InChI is InChI=1S/C28H16BrNO8/c29-17-9-12-19-21(14-17)26(33)30(25(19)32)22-5-2-1-4-20(22)27(34)37-15-23(31)16-7-10-18(11-8-16)38-28(35)24-6-3-13-36-24/h1-14H,15H2. The number of anilines is 1. The summed E-state index contributed by atoms with van der Waals surface area (Å²) in [4.78, 5) is 64.3. The summed E-state index contributed by atoms with van der Waals surface area (Å²) in [6.45, 7) is -0.590. The maximum atomic E-state index is 13.0. The zero-order valence-corrected chi connectivity index (χ0v) is 21.0. The lowest BCUT2D eigenvalue weighted by molar-refractivity contribution is 0.0475. The summed E-state index contributed by atoms with van der Waals surface area (Å²) in [6, 6.07) is 19.4. The first kappa shape index (κ1) is 24.8. The van der Waals surface area contributed by atoms with Crippen LogP contribution < -0.4 is 9.64 Å². The summed E-state index contributed by atoms with van der Waals surface area (Å²) in [6.07, 6.45) is 1.34. The Bertz CT molecular complexity index is 1590. The third-order valence-corrected chi connectivity index (χ3v) is 6.15. The number of hydrogen-bond donors (Lipinski definition) is 0. The van der Waals surface area contributed by atoms with E-state index in [4.69, 9.17) is 13.9 Å². The van der Waals surface area contributed by atoms with Crippen LogP contribution in [0.25, 0.3) is 0 Å². The number of fused-ring (bicyclic) bond motifs is 1. The van der Waals surface area contributed by atoms with E-state index in [-0.39, 0.29) is 39.5 Å². The van der Waals surface area contributed by atoms with E-state index in [0.717, 1.165) is 4.90 Å². The number of imide groups is 1. The van der Waals surface area contributed by atoms with Gasteiger partial charge in [0.05, 0.1) is 28.6 Å². The van der Waals surface area contributed by atoms with Gasteiger partial charge in [-0.3, -0.25) is 14.4 Å². The minimum Gasteiger partial charge on any atom is -0.457 e. The van der Waals surface area contributed by atoms with E-state index in [2.05, 4.69) is 15.9 Å². The van der Waals surface area contributed by atoms with Crippen molar-refractivity contribution >= 4 is 51.2 Å². The molecule has 1 aliphatic rings. The van der Waals surface area contributed by atoms with Gasteiger partial charge in [-0.2, -0.15) is 0 Å². The van der Waals surface area contributed by atoms with Crippen molar-refractivity contribution in [3.63, 3.8) is 0 Å². The van der Waals surface area contributed by atoms with Gasteiger partial charge in [0.25, 0.3) is 11.8 Å². The minimum absolute atomic E-state index is 0.0337. The minimum atomic E-state index is -0.879. The lowest BCUT2D eigenvalue weighted by Gasteiger charge is -2.17. The summed E-state index contributed by atoms with van der Waals surface area (Å²) in [5.41, 5.74) is 0.648. The number of ketones is 1. The summed E-state index contributed by atoms with van der Waals surface area (Å²) >= 11 is 3.29. The number of benzene rings is 3. The van der Waals surface area contributed by atoms with Crippen molar-refractivity contribution in [3.8, 4) is 5.75 Å². The van der Waals surface area contributed by atoms with Crippen molar-refractivity contribution < 1.29 is 37.9 Å². The number of amides is 2. The average molecular weight is 574 g/mol. The van der Waals surface area contributed by atoms with E-state index in [9.17, 15) is 24.0 Å². The van der Waals surface area contributed by atoms with Crippen LogP contribution in [0.1, 0.15) is 52.0 Å². The van der Waals surface area contributed by atoms with Crippen molar-refractivity contribution in [2.45, 2.75) is 0 Å². The molecule has 0 bridgehead atoms. The number of Topliss-reactive ketones (excluding diaryl/α,β-unsaturated/α-hetero) is 1. The second kappa shape index (κ2) is 10.3. The van der Waals surface area contributed by atoms with Gasteiger partial charge in [0.2, 0.25) is 5.76 Å². The molecular weight excluding hydrogens is 558 g/mol. The van der Waals surface area contributed by atoms with Gasteiger partial charge in [0, 0.05) is 10.0 Å². The van der Waals surface area contributed by atoms with Crippen molar-refractivity contribution in [2.24, 2.45) is 0 Å². The molecule has 2 heterocycles. The molecule has 0 spiro atoms. The van der Waals surface area contributed by atoms with Crippen LogP contribution in [0, 0.1) is 0 Å². The Morgan fingerprint density at radius 1 is 0.816 bits per heavy atom. The summed E-state index contributed by atoms with van der Waals surface area (Å²) in [5, 5.41) is 0. The number of ether oxygens (including phenoxy) is 2. The smallest absolute Gasteiger partial charge is 0.379 e. The molecule has 1 aliphatic heterocycles. The first-order valence-corrected chi connectivity index (χ1v) is 12.0. The third kappa shape index (κ3) is 4.76. The first-order chi connectivity index (χ1) is 18.3. The maximum Gasteiger partial charge on any atom is 0.379 e. The van der Waals surface area contributed by atoms with Crippen LogP contribution in [0.4, 0.5) is 5.69 Å². The van der Waals surface area contributed by atoms with Crippen molar-refractivity contribution in [1.29, 1.82) is 0 Å². The van der Waals surface area contributed by atoms with Crippen molar-refractivity contribution in [1.82, 2.24) is 0 Å². The number of halogens is 1. The molecule has 9 nitrogen and oxygen atoms in total. The normalized spacial score (nSPS) is 12.3. The van der Waals surface area contributed by atoms with Gasteiger partial charge in [-0.1, -0.05) is 28.1 Å². The molecule has 4 aromatic rings. The van der Waals surface area contributed by atoms with Crippen LogP contribution in [0.5, 0.6) is 5.75 Å². The van der Waals surface area contributed by atoms with E-state index >= 15 is 0 Å². The second-order valence-corrected chi connectivity index (χ2v) is 8.96. The number of hydrogen-bond acceptors (Lipinski definition) is 8. The molecule has 1 aromatic heterocycles. The molecule has 0 saturated heterocycles. The molecule has 0 atom stereocenters. The predicted octanol–water partition coefficient (Wildman–Crippen LogP) is 5.10. The topological polar surface area (TPSA) is 120 Å². The van der Waals surface area contributed by atoms with Gasteiger partial charge in [0.1, 0.15) is 5.75 Å². The molecular formula is C28H16BrNO8. The Morgan fingerprint density at radius 2 is 1.55 bits per heavy atom. The highest BCUT2D eigenvalue weighted by atomic mass is 79.9. The monoisotopic (exact) mass is 573 g/mol. The van der Waals surface area contributed by atoms with E-state index in [1.165, 1.54) is 54.8 Å². The highest BCUT2D eigenvalue weighted by molar-refractivity contribution is 9.10. The summed E-state index contributed by atoms with van der Waals surface area (Å²) in [7, 11) is 0. The van der Waals surface area contributed by atoms with Gasteiger partial charge in [0.15, 0.2) is 12.4 Å². The predicted molar refractivity (Wildman–Crippen MR) is 136 cm³/mol. The zero-order chi connectivity index (χ0) is 26.8. The maximum absolute atomic E-state index is 13.0. The molecule has 0 aliphatic carbocycles. The molecule has 5 rings (SSSR count). The molecule has 3 aromatic carbocycles. The van der Waals surface area contributed by atoms with E-state index < -0.39 is 36.1 Å². The fraction of sp³-hybridized carbons (Fsp3) is 0.0357. The Balaban J connectivity index is 1.26. The highest BCUT2D eigenvalue weighted by Crippen LogP contribution is 2.32. The fourth-order valence-electron chi connectivity index (χ4n) is 3.83. The quantitative estimate of drug-likeness (QED) is 0.129. The van der Waals surface area contributed by atoms with E-state index in [1.807, 2.05) is 0 Å². The SMILES string of the molecule is O=C(COC(=O)c1ccccc1N1C(=O)c2ccc(Br)cc2C1=O)c1ccc(OC(=O)c2ccco2)cc1. The number of rotatable bonds is 7. The van der Waals surface area contributed by atoms with Gasteiger partial charge in [-0.25, -0.2) is 14.5 Å². The van der Waals surface area contributed by atoms with Crippen molar-refractivity contribution in [3.05, 3.63) is 118 Å². The van der Waals surface area contributed by atoms with Gasteiger partial charge in [-0.15, -0.1) is 0 Å². The lowest BCUT2D eigenvalue weighted by atomic mass is 10.1. The Labute approximate surface area is 223 Å². The summed E-state index contributed by atoms with van der Waals surface area (Å²) in [5.74, 6) is -2.99. The second-order valence-electron chi connectivity index (χ2n) is 8.04. The van der Waals surface area contributed by atoms with Crippen molar-refractivity contribution in [2.75, 3.05) is 11.5 Å². The number of para-hydroxylation sites is 1. The van der Waals surface area contributed by atoms with Crippen LogP contribution in [-0.4, -0.2) is 36.1 Å². The van der Waals surface area contributed by atoms with Crippen LogP contribution in [0.2, 0.25) is 0 Å². The average Bonchev–Trinajstić information content (AvgIpc) is 3.55. The molecule has 10 heteroatoms. The number of carbonyl (C=O) groups excluding carboxylic acids is 5. The van der Waals surface area contributed by atoms with E-state index in [0.29, 0.717) is 4.47 Å². The van der Waals surface area contributed by atoms with Gasteiger partial charge in [-0.05, 0) is 66.7 Å². The van der Waals surface area contributed by atoms with Crippen LogP contribution in [0.3, 0.4) is 0 Å². The molecule has 0 N–H and O–H groups in total.